The van der Waals surface area contributed by atoms with E-state index < -0.39 is 5.97 Å². The Bertz CT molecular complexity index is 1320. The van der Waals surface area contributed by atoms with Gasteiger partial charge < -0.3 is 9.15 Å². The number of halogens is 3. The molecule has 0 saturated heterocycles. The largest absolute Gasteiger partial charge is 0.462 e. The predicted molar refractivity (Wildman–Crippen MR) is 135 cm³/mol. The van der Waals surface area contributed by atoms with Crippen LogP contribution in [-0.4, -0.2) is 24.2 Å². The number of anilines is 1. The van der Waals surface area contributed by atoms with Crippen molar-refractivity contribution in [2.75, 3.05) is 11.6 Å². The summed E-state index contributed by atoms with van der Waals surface area (Å²) >= 11 is 18.3. The fourth-order valence-electron chi connectivity index (χ4n) is 3.36. The van der Waals surface area contributed by atoms with Crippen molar-refractivity contribution in [3.63, 3.8) is 0 Å². The number of carbonyl (C=O) groups excluding carboxylic acids is 2. The van der Waals surface area contributed by atoms with Gasteiger partial charge in [-0.2, -0.15) is 10.1 Å². The molecule has 1 amide bonds. The van der Waals surface area contributed by atoms with Crippen molar-refractivity contribution in [1.29, 1.82) is 0 Å². The summed E-state index contributed by atoms with van der Waals surface area (Å²) in [6.07, 6.45) is 2.33. The first-order valence-corrected chi connectivity index (χ1v) is 11.5. The Labute approximate surface area is 211 Å². The maximum Gasteiger partial charge on any atom is 0.339 e. The molecule has 0 unspecified atom stereocenters. The summed E-state index contributed by atoms with van der Waals surface area (Å²) in [4.78, 5) is 25.3. The summed E-state index contributed by atoms with van der Waals surface area (Å²) in [6.45, 7) is 3.95. The highest BCUT2D eigenvalue weighted by atomic mass is 35.5. The second-order valence-electron chi connectivity index (χ2n) is 7.52. The van der Waals surface area contributed by atoms with Gasteiger partial charge in [0.1, 0.15) is 11.5 Å². The number of amides is 1. The van der Waals surface area contributed by atoms with Crippen molar-refractivity contribution >= 4 is 64.2 Å². The number of hydrogen-bond donors (Lipinski definition) is 0. The zero-order valence-corrected chi connectivity index (χ0v) is 20.5. The van der Waals surface area contributed by atoms with E-state index in [1.54, 1.807) is 61.5 Å². The maximum absolute atomic E-state index is 13.0. The fraction of sp³-hybridized carbons (Fsp3) is 0.160. The lowest BCUT2D eigenvalue weighted by molar-refractivity contribution is -0.114. The van der Waals surface area contributed by atoms with E-state index in [4.69, 9.17) is 44.0 Å². The highest BCUT2D eigenvalue weighted by Gasteiger charge is 2.29. The van der Waals surface area contributed by atoms with Gasteiger partial charge in [-0.05, 0) is 68.0 Å². The van der Waals surface area contributed by atoms with Crippen molar-refractivity contribution in [3.05, 3.63) is 80.5 Å². The summed E-state index contributed by atoms with van der Waals surface area (Å²) in [6, 6.07) is 13.3. The van der Waals surface area contributed by atoms with Crippen LogP contribution in [0.1, 0.15) is 36.4 Å². The average molecular weight is 518 g/mol. The van der Waals surface area contributed by atoms with E-state index in [1.807, 2.05) is 6.92 Å². The number of esters is 1. The average Bonchev–Trinajstić information content (AvgIpc) is 3.37. The van der Waals surface area contributed by atoms with Crippen LogP contribution in [0.2, 0.25) is 15.1 Å². The molecule has 0 spiro atoms. The van der Waals surface area contributed by atoms with E-state index in [1.165, 1.54) is 5.01 Å². The third kappa shape index (κ3) is 5.04. The van der Waals surface area contributed by atoms with Gasteiger partial charge >= 0.3 is 5.97 Å². The summed E-state index contributed by atoms with van der Waals surface area (Å²) in [5, 5.41) is 6.68. The monoisotopic (exact) mass is 516 g/mol. The minimum absolute atomic E-state index is 0.258. The SMILES string of the molecule is CCCOC(=O)c1cc(-c2ccc(/C=C3/C(=O)N(c4cc(Cl)cc(Cl)c4)N=C3C)o2)ccc1Cl. The van der Waals surface area contributed by atoms with Crippen LogP contribution in [-0.2, 0) is 9.53 Å². The Morgan fingerprint density at radius 3 is 2.53 bits per heavy atom. The minimum atomic E-state index is -0.493. The molecule has 1 aliphatic heterocycles. The molecule has 174 valence electrons. The number of hydrazone groups is 1. The van der Waals surface area contributed by atoms with Crippen molar-refractivity contribution in [2.24, 2.45) is 5.10 Å². The first kappa shape index (κ1) is 24.1. The van der Waals surface area contributed by atoms with Gasteiger partial charge in [0.05, 0.1) is 34.2 Å². The number of carbonyl (C=O) groups is 2. The molecule has 1 aliphatic rings. The van der Waals surface area contributed by atoms with Crippen LogP contribution in [0.4, 0.5) is 5.69 Å². The van der Waals surface area contributed by atoms with E-state index in [-0.39, 0.29) is 11.5 Å². The zero-order chi connectivity index (χ0) is 24.4. The Morgan fingerprint density at radius 1 is 1.09 bits per heavy atom. The molecule has 0 radical (unpaired) electrons. The van der Waals surface area contributed by atoms with Gasteiger partial charge in [-0.15, -0.1) is 0 Å². The maximum atomic E-state index is 13.0. The van der Waals surface area contributed by atoms with Crippen molar-refractivity contribution in [1.82, 2.24) is 0 Å². The summed E-state index contributed by atoms with van der Waals surface area (Å²) < 4.78 is 11.1. The molecule has 0 aliphatic carbocycles. The fourth-order valence-corrected chi connectivity index (χ4v) is 4.07. The topological polar surface area (TPSA) is 72.1 Å². The zero-order valence-electron chi connectivity index (χ0n) is 18.3. The molecule has 3 aromatic rings. The summed E-state index contributed by atoms with van der Waals surface area (Å²) in [5.41, 5.74) is 2.27. The van der Waals surface area contributed by atoms with Crippen LogP contribution in [0, 0.1) is 0 Å². The molecule has 2 aromatic carbocycles. The van der Waals surface area contributed by atoms with Crippen molar-refractivity contribution in [3.8, 4) is 11.3 Å². The normalized spacial score (nSPS) is 14.6. The summed E-state index contributed by atoms with van der Waals surface area (Å²) in [5.74, 6) is 0.129. The van der Waals surface area contributed by atoms with Crippen LogP contribution in [0.25, 0.3) is 17.4 Å². The highest BCUT2D eigenvalue weighted by Crippen LogP contribution is 2.32. The first-order valence-electron chi connectivity index (χ1n) is 10.4. The molecule has 0 saturated carbocycles. The number of benzene rings is 2. The lowest BCUT2D eigenvalue weighted by atomic mass is 10.1. The van der Waals surface area contributed by atoms with Gasteiger partial charge in [-0.1, -0.05) is 41.7 Å². The van der Waals surface area contributed by atoms with Crippen LogP contribution < -0.4 is 5.01 Å². The van der Waals surface area contributed by atoms with Crippen molar-refractivity contribution in [2.45, 2.75) is 20.3 Å². The van der Waals surface area contributed by atoms with Crippen LogP contribution >= 0.6 is 34.8 Å². The number of furan rings is 1. The number of hydrogen-bond acceptors (Lipinski definition) is 5. The van der Waals surface area contributed by atoms with Gasteiger partial charge in [-0.25, -0.2) is 4.79 Å². The lowest BCUT2D eigenvalue weighted by Gasteiger charge is -2.12. The lowest BCUT2D eigenvalue weighted by Crippen LogP contribution is -2.21. The Hall–Kier alpha value is -3.06. The highest BCUT2D eigenvalue weighted by molar-refractivity contribution is 6.36. The summed E-state index contributed by atoms with van der Waals surface area (Å²) in [7, 11) is 0. The van der Waals surface area contributed by atoms with E-state index in [2.05, 4.69) is 5.10 Å². The molecule has 0 atom stereocenters. The van der Waals surface area contributed by atoms with Gasteiger partial charge in [0.15, 0.2) is 0 Å². The van der Waals surface area contributed by atoms with Crippen molar-refractivity contribution < 1.29 is 18.7 Å². The van der Waals surface area contributed by atoms with Gasteiger partial charge in [0.2, 0.25) is 0 Å². The second kappa shape index (κ2) is 10.1. The van der Waals surface area contributed by atoms with Crippen LogP contribution in [0.15, 0.2) is 63.6 Å². The first-order chi connectivity index (χ1) is 16.3. The van der Waals surface area contributed by atoms with Crippen LogP contribution in [0.3, 0.4) is 0 Å². The van der Waals surface area contributed by atoms with Gasteiger partial charge in [0, 0.05) is 15.6 Å². The molecule has 0 N–H and O–H groups in total. The smallest absolute Gasteiger partial charge is 0.339 e. The van der Waals surface area contributed by atoms with E-state index in [9.17, 15) is 9.59 Å². The Morgan fingerprint density at radius 2 is 1.82 bits per heavy atom. The third-order valence-electron chi connectivity index (χ3n) is 4.98. The van der Waals surface area contributed by atoms with Crippen LogP contribution in [0.5, 0.6) is 0 Å². The molecule has 1 aromatic heterocycles. The third-order valence-corrected chi connectivity index (χ3v) is 5.74. The molecule has 34 heavy (non-hydrogen) atoms. The Kier molecular flexibility index (Phi) is 7.12. The molecule has 0 bridgehead atoms. The Balaban J connectivity index is 1.59. The molecular formula is C25H19Cl3N2O4. The van der Waals surface area contributed by atoms with E-state index in [0.717, 1.165) is 0 Å². The quantitative estimate of drug-likeness (QED) is 0.254. The molecule has 6 nitrogen and oxygen atoms in total. The van der Waals surface area contributed by atoms with Gasteiger partial charge in [-0.3, -0.25) is 4.79 Å². The van der Waals surface area contributed by atoms with E-state index in [0.29, 0.717) is 62.2 Å². The van der Waals surface area contributed by atoms with Gasteiger partial charge in [0.25, 0.3) is 5.91 Å². The predicted octanol–water partition coefficient (Wildman–Crippen LogP) is 7.28. The molecule has 9 heteroatoms. The molecule has 2 heterocycles. The van der Waals surface area contributed by atoms with E-state index >= 15 is 0 Å². The molecular weight excluding hydrogens is 499 g/mol. The minimum Gasteiger partial charge on any atom is -0.462 e. The number of nitrogens with zero attached hydrogens (tertiary/aromatic N) is 2. The number of ether oxygens (including phenoxy) is 1. The second-order valence-corrected chi connectivity index (χ2v) is 8.80. The standard InChI is InChI=1S/C25H19Cl3N2O4/c1-3-8-33-25(32)21-9-15(4-6-22(21)28)23-7-5-19(34-23)13-20-14(2)29-30(24(20)31)18-11-16(26)10-17(27)12-18/h4-7,9-13H,3,8H2,1-2H3/b20-13+. The molecule has 4 rings (SSSR count). The number of rotatable bonds is 6. The molecule has 0 fully saturated rings.